The first-order valence-electron chi connectivity index (χ1n) is 6.26. The van der Waals surface area contributed by atoms with Crippen LogP contribution in [0.4, 0.5) is 0 Å². The minimum Gasteiger partial charge on any atom is -0.351 e. The fourth-order valence-corrected chi connectivity index (χ4v) is 3.10. The van der Waals surface area contributed by atoms with Gasteiger partial charge in [-0.05, 0) is 47.1 Å². The molecule has 0 saturated carbocycles. The summed E-state index contributed by atoms with van der Waals surface area (Å²) in [5.74, 6) is 0.183. The molecule has 0 fully saturated rings. The van der Waals surface area contributed by atoms with Gasteiger partial charge in [0.15, 0.2) is 0 Å². The van der Waals surface area contributed by atoms with Gasteiger partial charge in [0, 0.05) is 21.3 Å². The van der Waals surface area contributed by atoms with E-state index < -0.39 is 0 Å². The lowest BCUT2D eigenvalue weighted by Gasteiger charge is -2.12. The third kappa shape index (κ3) is 5.50. The van der Waals surface area contributed by atoms with E-state index in [9.17, 15) is 4.79 Å². The molecule has 3 nitrogen and oxygen atoms in total. The number of carbonyl (C=O) groups excluding carboxylic acids is 1. The largest absolute Gasteiger partial charge is 0.351 e. The van der Waals surface area contributed by atoms with E-state index in [1.54, 1.807) is 11.3 Å². The Balaban J connectivity index is 2.25. The molecule has 1 aromatic rings. The van der Waals surface area contributed by atoms with Gasteiger partial charge >= 0.3 is 0 Å². The smallest absolute Gasteiger partial charge is 0.223 e. The lowest BCUT2D eigenvalue weighted by atomic mass is 10.0. The Kier molecular flexibility index (Phi) is 6.89. The minimum absolute atomic E-state index is 0.0579. The second kappa shape index (κ2) is 7.92. The number of hydrogen-bond acceptors (Lipinski definition) is 3. The summed E-state index contributed by atoms with van der Waals surface area (Å²) in [6.45, 7) is 4.58. The number of nitrogens with two attached hydrogens (primary N) is 1. The lowest BCUT2D eigenvalue weighted by Crippen LogP contribution is -2.28. The average Bonchev–Trinajstić information content (AvgIpc) is 2.71. The Morgan fingerprint density at radius 3 is 2.78 bits per heavy atom. The van der Waals surface area contributed by atoms with Gasteiger partial charge in [0.25, 0.3) is 0 Å². The summed E-state index contributed by atoms with van der Waals surface area (Å²) in [6, 6.07) is 2.22. The van der Waals surface area contributed by atoms with Gasteiger partial charge < -0.3 is 11.1 Å². The van der Waals surface area contributed by atoms with Crippen LogP contribution in [0, 0.1) is 5.92 Å². The zero-order chi connectivity index (χ0) is 13.5. The number of hydrogen-bond donors (Lipinski definition) is 2. The van der Waals surface area contributed by atoms with Crippen LogP contribution in [0.25, 0.3) is 0 Å². The normalized spacial score (nSPS) is 14.2. The Labute approximate surface area is 121 Å². The maximum atomic E-state index is 11.9. The molecule has 0 bridgehead atoms. The highest BCUT2D eigenvalue weighted by molar-refractivity contribution is 9.10. The SMILES string of the molecule is CC(N)CCCC(C)C(=O)NCc1sccc1Br. The molecule has 1 heterocycles. The van der Waals surface area contributed by atoms with Gasteiger partial charge in [-0.3, -0.25) is 4.79 Å². The van der Waals surface area contributed by atoms with Gasteiger partial charge in [-0.15, -0.1) is 11.3 Å². The molecule has 1 amide bonds. The molecule has 2 unspecified atom stereocenters. The average molecular weight is 333 g/mol. The van der Waals surface area contributed by atoms with Crippen LogP contribution >= 0.6 is 27.3 Å². The van der Waals surface area contributed by atoms with Crippen LogP contribution < -0.4 is 11.1 Å². The Hall–Kier alpha value is -0.390. The second-order valence-electron chi connectivity index (χ2n) is 4.72. The predicted octanol–water partition coefficient (Wildman–Crippen LogP) is 3.28. The van der Waals surface area contributed by atoms with Gasteiger partial charge in [0.2, 0.25) is 5.91 Å². The molecule has 0 aromatic carbocycles. The summed E-state index contributed by atoms with van der Waals surface area (Å²) in [5, 5.41) is 4.99. The van der Waals surface area contributed by atoms with E-state index in [1.165, 1.54) is 0 Å². The Morgan fingerprint density at radius 2 is 2.22 bits per heavy atom. The maximum Gasteiger partial charge on any atom is 0.223 e. The first-order valence-corrected chi connectivity index (χ1v) is 7.93. The first kappa shape index (κ1) is 15.7. The lowest BCUT2D eigenvalue weighted by molar-refractivity contribution is -0.124. The summed E-state index contributed by atoms with van der Waals surface area (Å²) in [6.07, 6.45) is 2.89. The molecule has 0 saturated heterocycles. The van der Waals surface area contributed by atoms with E-state index in [0.29, 0.717) is 6.54 Å². The molecule has 0 aliphatic heterocycles. The molecule has 102 valence electrons. The number of halogens is 1. The van der Waals surface area contributed by atoms with Gasteiger partial charge in [0.1, 0.15) is 0 Å². The maximum absolute atomic E-state index is 11.9. The summed E-state index contributed by atoms with van der Waals surface area (Å²) < 4.78 is 1.07. The molecule has 1 rings (SSSR count). The fourth-order valence-electron chi connectivity index (χ4n) is 1.67. The van der Waals surface area contributed by atoms with Crippen molar-refractivity contribution >= 4 is 33.2 Å². The highest BCUT2D eigenvalue weighted by Gasteiger charge is 2.13. The van der Waals surface area contributed by atoms with Crippen LogP contribution in [0.3, 0.4) is 0 Å². The molecular formula is C13H21BrN2OS. The molecule has 0 spiro atoms. The Morgan fingerprint density at radius 1 is 1.50 bits per heavy atom. The molecule has 18 heavy (non-hydrogen) atoms. The monoisotopic (exact) mass is 332 g/mol. The van der Waals surface area contributed by atoms with Crippen molar-refractivity contribution in [1.82, 2.24) is 5.32 Å². The van der Waals surface area contributed by atoms with Crippen LogP contribution in [0.2, 0.25) is 0 Å². The Bertz CT molecular complexity index is 379. The third-order valence-electron chi connectivity index (χ3n) is 2.86. The van der Waals surface area contributed by atoms with Crippen LogP contribution in [-0.4, -0.2) is 11.9 Å². The molecule has 0 aliphatic carbocycles. The fraction of sp³-hybridized carbons (Fsp3) is 0.615. The topological polar surface area (TPSA) is 55.1 Å². The van der Waals surface area contributed by atoms with Gasteiger partial charge in [-0.1, -0.05) is 13.3 Å². The standard InChI is InChI=1S/C13H21BrN2OS/c1-9(4-3-5-10(2)15)13(17)16-8-12-11(14)6-7-18-12/h6-7,9-10H,3-5,8,15H2,1-2H3,(H,16,17). The van der Waals surface area contributed by atoms with Crippen molar-refractivity contribution in [2.24, 2.45) is 11.7 Å². The predicted molar refractivity (Wildman–Crippen MR) is 80.5 cm³/mol. The number of rotatable bonds is 7. The number of amides is 1. The van der Waals surface area contributed by atoms with Crippen molar-refractivity contribution in [3.8, 4) is 0 Å². The van der Waals surface area contributed by atoms with Crippen molar-refractivity contribution in [1.29, 1.82) is 0 Å². The van der Waals surface area contributed by atoms with Gasteiger partial charge in [0.05, 0.1) is 6.54 Å². The van der Waals surface area contributed by atoms with Crippen molar-refractivity contribution in [3.63, 3.8) is 0 Å². The third-order valence-corrected chi connectivity index (χ3v) is 4.78. The number of nitrogens with one attached hydrogen (secondary N) is 1. The van der Waals surface area contributed by atoms with Crippen LogP contribution in [0.5, 0.6) is 0 Å². The quantitative estimate of drug-likeness (QED) is 0.804. The zero-order valence-electron chi connectivity index (χ0n) is 10.9. The van der Waals surface area contributed by atoms with E-state index in [1.807, 2.05) is 25.3 Å². The van der Waals surface area contributed by atoms with Crippen molar-refractivity contribution in [2.75, 3.05) is 0 Å². The summed E-state index contributed by atoms with van der Waals surface area (Å²) in [4.78, 5) is 13.0. The summed E-state index contributed by atoms with van der Waals surface area (Å²) in [5.41, 5.74) is 5.69. The molecule has 0 radical (unpaired) electrons. The van der Waals surface area contributed by atoms with Gasteiger partial charge in [-0.2, -0.15) is 0 Å². The van der Waals surface area contributed by atoms with Crippen LogP contribution in [-0.2, 0) is 11.3 Å². The molecule has 2 atom stereocenters. The molecule has 1 aromatic heterocycles. The van der Waals surface area contributed by atoms with E-state index in [-0.39, 0.29) is 17.9 Å². The van der Waals surface area contributed by atoms with Crippen molar-refractivity contribution in [3.05, 3.63) is 20.8 Å². The highest BCUT2D eigenvalue weighted by atomic mass is 79.9. The summed E-state index contributed by atoms with van der Waals surface area (Å²) in [7, 11) is 0. The van der Waals surface area contributed by atoms with E-state index in [2.05, 4.69) is 21.2 Å². The second-order valence-corrected chi connectivity index (χ2v) is 6.57. The van der Waals surface area contributed by atoms with E-state index in [4.69, 9.17) is 5.73 Å². The van der Waals surface area contributed by atoms with E-state index >= 15 is 0 Å². The first-order chi connectivity index (χ1) is 8.50. The molecule has 5 heteroatoms. The molecule has 3 N–H and O–H groups in total. The summed E-state index contributed by atoms with van der Waals surface area (Å²) >= 11 is 5.10. The molecule has 0 aliphatic rings. The molecular weight excluding hydrogens is 312 g/mol. The van der Waals surface area contributed by atoms with E-state index in [0.717, 1.165) is 28.6 Å². The van der Waals surface area contributed by atoms with Crippen molar-refractivity contribution in [2.45, 2.75) is 45.7 Å². The number of carbonyl (C=O) groups is 1. The number of thiophene rings is 1. The zero-order valence-corrected chi connectivity index (χ0v) is 13.3. The van der Waals surface area contributed by atoms with Crippen LogP contribution in [0.1, 0.15) is 38.0 Å². The van der Waals surface area contributed by atoms with Crippen molar-refractivity contribution < 1.29 is 4.79 Å². The minimum atomic E-state index is 0.0579. The van der Waals surface area contributed by atoms with Gasteiger partial charge in [-0.25, -0.2) is 0 Å². The van der Waals surface area contributed by atoms with Crippen LogP contribution in [0.15, 0.2) is 15.9 Å². The highest BCUT2D eigenvalue weighted by Crippen LogP contribution is 2.22.